The third-order valence-corrected chi connectivity index (χ3v) is 7.04. The van der Waals surface area contributed by atoms with Gasteiger partial charge in [0.25, 0.3) is 0 Å². The minimum Gasteiger partial charge on any atom is -0.368 e. The Balaban J connectivity index is 1.86. The number of hydrogen-bond acceptors (Lipinski definition) is 6. The maximum atomic E-state index is 12.7. The summed E-state index contributed by atoms with van der Waals surface area (Å²) in [6, 6.07) is 13.5. The van der Waals surface area contributed by atoms with Crippen molar-refractivity contribution in [3.8, 4) is 0 Å². The monoisotopic (exact) mass is 410 g/mol. The summed E-state index contributed by atoms with van der Waals surface area (Å²) < 4.78 is 25.3. The van der Waals surface area contributed by atoms with Crippen molar-refractivity contribution in [2.45, 2.75) is 24.4 Å². The number of amides is 1. The van der Waals surface area contributed by atoms with Crippen LogP contribution in [0, 0.1) is 6.92 Å². The lowest BCUT2D eigenvalue weighted by atomic mass is 10.00. The van der Waals surface area contributed by atoms with Crippen LogP contribution in [0.15, 0.2) is 53.4 Å². The SMILES string of the molecule is Cc1ccc2nc(N3CCS(=O)(=O)c4ccccc4C3)cc(C(N)C(N)=O)c2c1. The van der Waals surface area contributed by atoms with Crippen LogP contribution in [0.2, 0.25) is 0 Å². The van der Waals surface area contributed by atoms with Gasteiger partial charge >= 0.3 is 0 Å². The standard InChI is InChI=1S/C21H22N4O3S/c1-13-6-7-17-15(10-13)16(20(22)21(23)26)11-19(24-17)25-8-9-29(27,28)18-5-3-2-4-14(18)12-25/h2-7,10-11,20H,8-9,12,22H2,1H3,(H2,23,26). The van der Waals surface area contributed by atoms with Gasteiger partial charge in [-0.2, -0.15) is 0 Å². The Bertz CT molecular complexity index is 1220. The lowest BCUT2D eigenvalue weighted by Gasteiger charge is -2.24. The number of pyridine rings is 1. The molecule has 1 amide bonds. The maximum absolute atomic E-state index is 12.7. The molecule has 0 fully saturated rings. The number of sulfone groups is 1. The van der Waals surface area contributed by atoms with Gasteiger partial charge in [-0.05, 0) is 42.3 Å². The minimum atomic E-state index is -3.38. The van der Waals surface area contributed by atoms with E-state index in [0.717, 1.165) is 16.5 Å². The van der Waals surface area contributed by atoms with Gasteiger partial charge in [0, 0.05) is 18.5 Å². The molecule has 1 aliphatic rings. The van der Waals surface area contributed by atoms with Crippen molar-refractivity contribution in [2.24, 2.45) is 11.5 Å². The number of rotatable bonds is 3. The van der Waals surface area contributed by atoms with E-state index in [1.807, 2.05) is 42.2 Å². The highest BCUT2D eigenvalue weighted by Crippen LogP contribution is 2.30. The predicted molar refractivity (Wildman–Crippen MR) is 112 cm³/mol. The van der Waals surface area contributed by atoms with Crippen molar-refractivity contribution in [1.29, 1.82) is 0 Å². The number of nitrogens with zero attached hydrogens (tertiary/aromatic N) is 2. The number of aryl methyl sites for hydroxylation is 1. The van der Waals surface area contributed by atoms with Crippen molar-refractivity contribution in [1.82, 2.24) is 4.98 Å². The molecular formula is C21H22N4O3S. The van der Waals surface area contributed by atoms with Gasteiger partial charge < -0.3 is 16.4 Å². The summed E-state index contributed by atoms with van der Waals surface area (Å²) in [5.74, 6) is -0.0804. The molecule has 1 aliphatic heterocycles. The summed E-state index contributed by atoms with van der Waals surface area (Å²) in [6.45, 7) is 2.63. The van der Waals surface area contributed by atoms with Gasteiger partial charge in [-0.15, -0.1) is 0 Å². The van der Waals surface area contributed by atoms with Crippen LogP contribution in [0.4, 0.5) is 5.82 Å². The van der Waals surface area contributed by atoms with E-state index in [-0.39, 0.29) is 12.3 Å². The van der Waals surface area contributed by atoms with Gasteiger partial charge in [0.15, 0.2) is 9.84 Å². The van der Waals surface area contributed by atoms with Gasteiger partial charge in [0.1, 0.15) is 11.9 Å². The third-order valence-electron chi connectivity index (χ3n) is 5.25. The summed E-state index contributed by atoms with van der Waals surface area (Å²) in [5, 5.41) is 0.767. The van der Waals surface area contributed by atoms with Crippen LogP contribution in [-0.4, -0.2) is 31.6 Å². The van der Waals surface area contributed by atoms with Gasteiger partial charge in [0.05, 0.1) is 16.2 Å². The molecule has 0 bridgehead atoms. The fourth-order valence-corrected chi connectivity index (χ4v) is 5.18. The molecule has 8 heteroatoms. The molecule has 1 unspecified atom stereocenters. The normalized spacial score (nSPS) is 16.8. The van der Waals surface area contributed by atoms with Crippen molar-refractivity contribution < 1.29 is 13.2 Å². The number of fused-ring (bicyclic) bond motifs is 2. The second kappa shape index (κ2) is 7.13. The lowest BCUT2D eigenvalue weighted by molar-refractivity contribution is -0.119. The van der Waals surface area contributed by atoms with E-state index in [1.165, 1.54) is 0 Å². The Labute approximate surface area is 169 Å². The zero-order valence-corrected chi connectivity index (χ0v) is 16.8. The topological polar surface area (TPSA) is 119 Å². The molecule has 0 saturated carbocycles. The predicted octanol–water partition coefficient (Wildman–Crippen LogP) is 1.82. The number of anilines is 1. The first kappa shape index (κ1) is 19.4. The van der Waals surface area contributed by atoms with Crippen molar-refractivity contribution in [3.05, 3.63) is 65.2 Å². The highest BCUT2D eigenvalue weighted by atomic mass is 32.2. The zero-order chi connectivity index (χ0) is 20.8. The fraction of sp³-hybridized carbons (Fsp3) is 0.238. The molecule has 2 aromatic carbocycles. The largest absolute Gasteiger partial charge is 0.368 e. The summed E-state index contributed by atoms with van der Waals surface area (Å²) in [7, 11) is -3.38. The second-order valence-electron chi connectivity index (χ2n) is 7.32. The van der Waals surface area contributed by atoms with E-state index >= 15 is 0 Å². The van der Waals surface area contributed by atoms with Crippen LogP contribution in [-0.2, 0) is 21.2 Å². The van der Waals surface area contributed by atoms with Crippen LogP contribution >= 0.6 is 0 Å². The van der Waals surface area contributed by atoms with Crippen LogP contribution in [0.25, 0.3) is 10.9 Å². The molecule has 1 atom stereocenters. The van der Waals surface area contributed by atoms with Crippen molar-refractivity contribution in [3.63, 3.8) is 0 Å². The lowest BCUT2D eigenvalue weighted by Crippen LogP contribution is -2.30. The Kier molecular flexibility index (Phi) is 4.76. The van der Waals surface area contributed by atoms with Gasteiger partial charge in [-0.3, -0.25) is 4.79 Å². The number of benzene rings is 2. The first-order chi connectivity index (χ1) is 13.8. The van der Waals surface area contributed by atoms with E-state index in [0.29, 0.717) is 28.3 Å². The smallest absolute Gasteiger partial charge is 0.238 e. The summed E-state index contributed by atoms with van der Waals surface area (Å²) in [6.07, 6.45) is 0. The maximum Gasteiger partial charge on any atom is 0.238 e. The number of carbonyl (C=O) groups excluding carboxylic acids is 1. The van der Waals surface area contributed by atoms with E-state index < -0.39 is 21.8 Å². The molecule has 0 radical (unpaired) electrons. The zero-order valence-electron chi connectivity index (χ0n) is 16.0. The number of hydrogen-bond donors (Lipinski definition) is 2. The van der Waals surface area contributed by atoms with Gasteiger partial charge in [0.2, 0.25) is 5.91 Å². The minimum absolute atomic E-state index is 0.0190. The number of nitrogens with two attached hydrogens (primary N) is 2. The molecule has 150 valence electrons. The molecule has 0 saturated heterocycles. The molecule has 1 aromatic heterocycles. The molecular weight excluding hydrogens is 388 g/mol. The van der Waals surface area contributed by atoms with E-state index in [1.54, 1.807) is 18.2 Å². The molecule has 0 spiro atoms. The molecule has 7 nitrogen and oxygen atoms in total. The summed E-state index contributed by atoms with van der Waals surface area (Å²) in [4.78, 5) is 18.8. The fourth-order valence-electron chi connectivity index (χ4n) is 3.68. The highest BCUT2D eigenvalue weighted by Gasteiger charge is 2.27. The van der Waals surface area contributed by atoms with Gasteiger partial charge in [-0.1, -0.05) is 29.8 Å². The van der Waals surface area contributed by atoms with Crippen molar-refractivity contribution >= 4 is 32.5 Å². The van der Waals surface area contributed by atoms with Crippen molar-refractivity contribution in [2.75, 3.05) is 17.2 Å². The average Bonchev–Trinajstić information content (AvgIpc) is 2.83. The molecule has 4 N–H and O–H groups in total. The van der Waals surface area contributed by atoms with Crippen LogP contribution in [0.5, 0.6) is 0 Å². The molecule has 2 heterocycles. The van der Waals surface area contributed by atoms with Crippen LogP contribution in [0.1, 0.15) is 22.7 Å². The first-order valence-corrected chi connectivity index (χ1v) is 10.9. The van der Waals surface area contributed by atoms with E-state index in [9.17, 15) is 13.2 Å². The quantitative estimate of drug-likeness (QED) is 0.680. The summed E-state index contributed by atoms with van der Waals surface area (Å²) >= 11 is 0. The molecule has 4 rings (SSSR count). The first-order valence-electron chi connectivity index (χ1n) is 9.28. The molecule has 29 heavy (non-hydrogen) atoms. The van der Waals surface area contributed by atoms with Gasteiger partial charge in [-0.25, -0.2) is 13.4 Å². The Morgan fingerprint density at radius 3 is 2.69 bits per heavy atom. The Hall–Kier alpha value is -2.97. The summed E-state index contributed by atoms with van der Waals surface area (Å²) in [5.41, 5.74) is 14.6. The average molecular weight is 410 g/mol. The Morgan fingerprint density at radius 1 is 1.17 bits per heavy atom. The number of carbonyl (C=O) groups is 1. The van der Waals surface area contributed by atoms with Crippen LogP contribution < -0.4 is 16.4 Å². The van der Waals surface area contributed by atoms with E-state index in [4.69, 9.17) is 16.5 Å². The van der Waals surface area contributed by atoms with Crippen LogP contribution in [0.3, 0.4) is 0 Å². The number of aromatic nitrogens is 1. The number of primary amides is 1. The molecule has 3 aromatic rings. The third kappa shape index (κ3) is 3.56. The molecule has 0 aliphatic carbocycles. The second-order valence-corrected chi connectivity index (χ2v) is 9.40. The van der Waals surface area contributed by atoms with E-state index in [2.05, 4.69) is 0 Å². The highest BCUT2D eigenvalue weighted by molar-refractivity contribution is 7.91. The Morgan fingerprint density at radius 2 is 1.93 bits per heavy atom.